The molecule has 0 spiro atoms. The number of hydrogen-bond donors (Lipinski definition) is 0. The minimum absolute atomic E-state index is 0.0156. The van der Waals surface area contributed by atoms with Crippen LogP contribution in [0.1, 0.15) is 91.8 Å². The Morgan fingerprint density at radius 2 is 0.457 bits per heavy atom. The molecule has 116 heavy (non-hydrogen) atoms. The summed E-state index contributed by atoms with van der Waals surface area (Å²) in [6.45, 7) is 22.7. The Labute approximate surface area is 688 Å². The smallest absolute Gasteiger partial charge is 0.0419 e. The molecule has 0 fully saturated rings. The van der Waals surface area contributed by atoms with E-state index in [0.29, 0.717) is 24.0 Å². The van der Waals surface area contributed by atoms with Gasteiger partial charge in [0.1, 0.15) is 0 Å². The van der Waals surface area contributed by atoms with Gasteiger partial charge >= 0.3 is 0 Å². The van der Waals surface area contributed by atoms with Crippen LogP contribution in [0.25, 0.3) is 111 Å². The Kier molecular flexibility index (Phi) is 24.0. The molecule has 3 heteroatoms. The standard InChI is InChI=1S/2C31H27N.C30H29N.C21H20/c1-23(2)32(31-14-8-13-28(22-31)24-9-4-3-5-10-24)30-19-17-26(18-20-30)29-16-15-25-11-6-7-12-27(25)21-29;1-23(2)32(30-18-14-26(15-19-30)24-8-4-3-5-9-24)31-20-16-27(17-21-31)29-13-12-25-10-6-7-11-28(25)22-29;1-21(2)31(24-16-14-23(15-17-24)22-10-6-5-7-11-22)25-18-19-27-26-12-8-9-13-28(26)30(3,4)29(27)20-25;1-16(2)19-13-20(17-9-5-3-6-10-17)15-21(14-19)18-11-7-4-8-12-18/h2*3-23H,1-2H3;5-21H,1-4H3;3-16H,1-2H3. The van der Waals surface area contributed by atoms with E-state index in [9.17, 15) is 0 Å². The van der Waals surface area contributed by atoms with Crippen molar-refractivity contribution in [3.05, 3.63) is 435 Å². The van der Waals surface area contributed by atoms with Gasteiger partial charge in [-0.25, -0.2) is 0 Å². The number of benzene rings is 17. The lowest BCUT2D eigenvalue weighted by Gasteiger charge is -2.31. The van der Waals surface area contributed by atoms with Crippen LogP contribution in [-0.4, -0.2) is 18.1 Å². The molecular weight excluding hydrogens is 1400 g/mol. The third-order valence-electron chi connectivity index (χ3n) is 22.4. The van der Waals surface area contributed by atoms with E-state index in [-0.39, 0.29) is 5.41 Å². The highest BCUT2D eigenvalue weighted by molar-refractivity contribution is 5.90. The average molecular weight is 1500 g/mol. The van der Waals surface area contributed by atoms with Gasteiger partial charge in [0.05, 0.1) is 0 Å². The van der Waals surface area contributed by atoms with Gasteiger partial charge in [0, 0.05) is 57.7 Å². The molecule has 0 saturated heterocycles. The molecule has 0 radical (unpaired) electrons. The largest absolute Gasteiger partial charge is 0.339 e. The molecule has 0 saturated carbocycles. The highest BCUT2D eigenvalue weighted by Gasteiger charge is 2.36. The summed E-state index contributed by atoms with van der Waals surface area (Å²) in [6, 6.07) is 152. The number of fused-ring (bicyclic) bond motifs is 5. The van der Waals surface area contributed by atoms with Crippen LogP contribution < -0.4 is 14.7 Å². The van der Waals surface area contributed by atoms with E-state index in [1.165, 1.54) is 161 Å². The van der Waals surface area contributed by atoms with Crippen LogP contribution in [0.5, 0.6) is 0 Å². The van der Waals surface area contributed by atoms with Gasteiger partial charge in [-0.15, -0.1) is 0 Å². The van der Waals surface area contributed by atoms with Gasteiger partial charge in [-0.05, 0) is 266 Å². The van der Waals surface area contributed by atoms with E-state index in [2.05, 4.69) is 503 Å². The van der Waals surface area contributed by atoms with Crippen molar-refractivity contribution in [1.82, 2.24) is 0 Å². The quantitative estimate of drug-likeness (QED) is 0.0900. The summed E-state index contributed by atoms with van der Waals surface area (Å²) >= 11 is 0. The Morgan fingerprint density at radius 3 is 0.845 bits per heavy atom. The monoisotopic (exact) mass is 1500 g/mol. The predicted octanol–water partition coefficient (Wildman–Crippen LogP) is 31.8. The maximum absolute atomic E-state index is 2.44. The number of rotatable bonds is 17. The van der Waals surface area contributed by atoms with Crippen LogP contribution in [0.2, 0.25) is 0 Å². The van der Waals surface area contributed by atoms with Gasteiger partial charge in [-0.3, -0.25) is 0 Å². The van der Waals surface area contributed by atoms with E-state index < -0.39 is 0 Å². The van der Waals surface area contributed by atoms with Crippen LogP contribution in [0.15, 0.2) is 419 Å². The van der Waals surface area contributed by atoms with E-state index in [4.69, 9.17) is 0 Å². The van der Waals surface area contributed by atoms with Gasteiger partial charge in [0.15, 0.2) is 0 Å². The lowest BCUT2D eigenvalue weighted by atomic mass is 9.82. The molecule has 570 valence electrons. The van der Waals surface area contributed by atoms with Crippen molar-refractivity contribution >= 4 is 55.7 Å². The molecule has 17 aromatic rings. The maximum atomic E-state index is 2.44. The van der Waals surface area contributed by atoms with Crippen LogP contribution in [0.3, 0.4) is 0 Å². The molecule has 0 unspecified atom stereocenters. The second-order valence-corrected chi connectivity index (χ2v) is 32.0. The summed E-state index contributed by atoms with van der Waals surface area (Å²) < 4.78 is 0. The Bertz CT molecular complexity index is 6010. The van der Waals surface area contributed by atoms with Crippen molar-refractivity contribution in [3.63, 3.8) is 0 Å². The molecule has 18 rings (SSSR count). The fourth-order valence-electron chi connectivity index (χ4n) is 16.4. The Balaban J connectivity index is 0.000000123. The summed E-state index contributed by atoms with van der Waals surface area (Å²) in [7, 11) is 0. The van der Waals surface area contributed by atoms with Crippen LogP contribution >= 0.6 is 0 Å². The van der Waals surface area contributed by atoms with Crippen molar-refractivity contribution in [3.8, 4) is 89.0 Å². The molecule has 1 aliphatic rings. The highest BCUT2D eigenvalue weighted by atomic mass is 15.2. The second-order valence-electron chi connectivity index (χ2n) is 32.0. The fourth-order valence-corrected chi connectivity index (χ4v) is 16.4. The van der Waals surface area contributed by atoms with E-state index in [1.807, 2.05) is 0 Å². The third-order valence-corrected chi connectivity index (χ3v) is 22.4. The number of hydrogen-bond acceptors (Lipinski definition) is 3. The molecule has 17 aromatic carbocycles. The van der Waals surface area contributed by atoms with Crippen LogP contribution in [0, 0.1) is 0 Å². The topological polar surface area (TPSA) is 9.72 Å². The first-order valence-electron chi connectivity index (χ1n) is 41.1. The minimum Gasteiger partial charge on any atom is -0.339 e. The van der Waals surface area contributed by atoms with E-state index in [1.54, 1.807) is 0 Å². The Hall–Kier alpha value is -13.3. The summed E-state index contributed by atoms with van der Waals surface area (Å²) in [5, 5.41) is 5.10. The SMILES string of the molecule is CC(C)N(c1ccc(-c2ccc3ccccc3c2)cc1)c1cccc(-c2ccccc2)c1.CC(C)N(c1ccc(-c2ccccc2)cc1)c1ccc(-c2ccc3ccccc3c2)cc1.CC(C)N(c1ccc(-c2ccccc2)cc1)c1ccc2c(c1)C(C)(C)c1ccccc1-2.CC(C)c1cc(-c2ccccc2)cc(-c2ccccc2)c1. The molecule has 0 atom stereocenters. The second kappa shape index (κ2) is 35.8. The van der Waals surface area contributed by atoms with Gasteiger partial charge in [0.2, 0.25) is 0 Å². The van der Waals surface area contributed by atoms with Crippen molar-refractivity contribution in [2.24, 2.45) is 0 Å². The van der Waals surface area contributed by atoms with Crippen molar-refractivity contribution < 1.29 is 0 Å². The zero-order valence-electron chi connectivity index (χ0n) is 68.5. The van der Waals surface area contributed by atoms with Crippen molar-refractivity contribution in [2.75, 3.05) is 14.7 Å². The zero-order valence-corrected chi connectivity index (χ0v) is 68.5. The van der Waals surface area contributed by atoms with E-state index >= 15 is 0 Å². The van der Waals surface area contributed by atoms with Gasteiger partial charge in [0.25, 0.3) is 0 Å². The number of nitrogens with zero attached hydrogens (tertiary/aromatic N) is 3. The molecule has 0 bridgehead atoms. The molecule has 1 aliphatic carbocycles. The van der Waals surface area contributed by atoms with E-state index in [0.717, 1.165) is 0 Å². The highest BCUT2D eigenvalue weighted by Crippen LogP contribution is 2.50. The normalized spacial score (nSPS) is 11.7. The van der Waals surface area contributed by atoms with Gasteiger partial charge in [-0.2, -0.15) is 0 Å². The first-order chi connectivity index (χ1) is 56.6. The molecule has 0 amide bonds. The number of anilines is 6. The molecule has 3 nitrogen and oxygen atoms in total. The summed E-state index contributed by atoms with van der Waals surface area (Å²) in [5.41, 5.74) is 31.8. The first-order valence-corrected chi connectivity index (χ1v) is 41.1. The average Bonchev–Trinajstić information content (AvgIpc) is 1.58. The summed E-state index contributed by atoms with van der Waals surface area (Å²) in [4.78, 5) is 7.23. The van der Waals surface area contributed by atoms with Crippen molar-refractivity contribution in [2.45, 2.75) is 98.7 Å². The minimum atomic E-state index is 0.0156. The molecule has 0 aliphatic heterocycles. The Morgan fingerprint density at radius 1 is 0.181 bits per heavy atom. The molecular formula is C113H103N3. The molecule has 0 aromatic heterocycles. The van der Waals surface area contributed by atoms with Crippen LogP contribution in [0.4, 0.5) is 34.1 Å². The van der Waals surface area contributed by atoms with Crippen LogP contribution in [-0.2, 0) is 5.41 Å². The lowest BCUT2D eigenvalue weighted by Crippen LogP contribution is -2.26. The first kappa shape index (κ1) is 78.0. The summed E-state index contributed by atoms with van der Waals surface area (Å²) in [6.07, 6.45) is 0. The fraction of sp³-hybridized carbons (Fsp3) is 0.133. The third kappa shape index (κ3) is 17.9. The molecule has 0 N–H and O–H groups in total. The predicted molar refractivity (Wildman–Crippen MR) is 502 cm³/mol. The molecule has 0 heterocycles. The van der Waals surface area contributed by atoms with Gasteiger partial charge < -0.3 is 14.7 Å². The maximum Gasteiger partial charge on any atom is 0.0419 e. The zero-order chi connectivity index (χ0) is 80.1. The van der Waals surface area contributed by atoms with Crippen molar-refractivity contribution in [1.29, 1.82) is 0 Å². The summed E-state index contributed by atoms with van der Waals surface area (Å²) in [5.74, 6) is 0.524. The lowest BCUT2D eigenvalue weighted by molar-refractivity contribution is 0.659. The van der Waals surface area contributed by atoms with Gasteiger partial charge in [-0.1, -0.05) is 355 Å².